The van der Waals surface area contributed by atoms with Gasteiger partial charge < -0.3 is 5.11 Å². The quantitative estimate of drug-likeness (QED) is 0.645. The molecule has 0 aliphatic heterocycles. The molecule has 0 saturated heterocycles. The number of hydroxylamine groups is 2. The van der Waals surface area contributed by atoms with Crippen LogP contribution >= 0.6 is 11.6 Å². The Hall–Kier alpha value is -1.10. The lowest BCUT2D eigenvalue weighted by Crippen LogP contribution is -2.43. The third kappa shape index (κ3) is 5.19. The maximum atomic E-state index is 11.1. The maximum absolute atomic E-state index is 11.1. The molecule has 1 aromatic rings. The second kappa shape index (κ2) is 6.89. The molecule has 106 valence electrons. The van der Waals surface area contributed by atoms with Crippen molar-refractivity contribution in [1.82, 2.24) is 5.06 Å². The van der Waals surface area contributed by atoms with Crippen molar-refractivity contribution in [2.45, 2.75) is 38.8 Å². The Morgan fingerprint density at radius 3 is 2.53 bits per heavy atom. The van der Waals surface area contributed by atoms with Crippen LogP contribution in [0.15, 0.2) is 24.3 Å². The number of nitrogens with zero attached hydrogens (tertiary/aromatic N) is 1. The number of carbonyl (C=O) groups is 1. The first-order chi connectivity index (χ1) is 8.87. The molecule has 1 amide bonds. The average Bonchev–Trinajstić information content (AvgIpc) is 2.34. The third-order valence-corrected chi connectivity index (χ3v) is 2.84. The van der Waals surface area contributed by atoms with Gasteiger partial charge in [-0.25, -0.2) is 5.06 Å². The average molecular weight is 286 g/mol. The minimum atomic E-state index is -0.505. The van der Waals surface area contributed by atoms with E-state index in [2.05, 4.69) is 0 Å². The predicted octanol–water partition coefficient (Wildman–Crippen LogP) is 2.43. The van der Waals surface area contributed by atoms with Gasteiger partial charge in [-0.15, -0.1) is 0 Å². The first kappa shape index (κ1) is 16.0. The molecule has 0 aromatic heterocycles. The highest BCUT2D eigenvalue weighted by Crippen LogP contribution is 2.20. The van der Waals surface area contributed by atoms with Crippen LogP contribution < -0.4 is 0 Å². The van der Waals surface area contributed by atoms with E-state index in [-0.39, 0.29) is 6.61 Å². The van der Waals surface area contributed by atoms with Crippen LogP contribution in [0.25, 0.3) is 0 Å². The predicted molar refractivity (Wildman–Crippen MR) is 74.8 cm³/mol. The SMILES string of the molecule is CC(C)(C)ON(C=O)C(CO)Cc1ccccc1Cl. The fourth-order valence-electron chi connectivity index (χ4n) is 1.65. The van der Waals surface area contributed by atoms with Gasteiger partial charge in [0.15, 0.2) is 0 Å². The van der Waals surface area contributed by atoms with Crippen LogP contribution in [0, 0.1) is 0 Å². The molecule has 0 fully saturated rings. The lowest BCUT2D eigenvalue weighted by atomic mass is 10.1. The van der Waals surface area contributed by atoms with Gasteiger partial charge in [-0.3, -0.25) is 9.63 Å². The minimum absolute atomic E-state index is 0.194. The Morgan fingerprint density at radius 1 is 1.42 bits per heavy atom. The second-order valence-electron chi connectivity index (χ2n) is 5.30. The molecule has 1 unspecified atom stereocenters. The summed E-state index contributed by atoms with van der Waals surface area (Å²) in [5, 5.41) is 11.2. The zero-order valence-corrected chi connectivity index (χ0v) is 12.2. The van der Waals surface area contributed by atoms with Crippen LogP contribution in [0.3, 0.4) is 0 Å². The molecule has 0 radical (unpaired) electrons. The first-order valence-electron chi connectivity index (χ1n) is 6.14. The highest BCUT2D eigenvalue weighted by atomic mass is 35.5. The Kier molecular flexibility index (Phi) is 5.79. The molecule has 0 spiro atoms. The van der Waals surface area contributed by atoms with Crippen molar-refractivity contribution in [2.75, 3.05) is 6.61 Å². The Bertz CT molecular complexity index is 417. The molecule has 1 atom stereocenters. The molecule has 1 rings (SSSR count). The summed E-state index contributed by atoms with van der Waals surface area (Å²) in [6.45, 7) is 5.33. The monoisotopic (exact) mass is 285 g/mol. The molecule has 0 bridgehead atoms. The lowest BCUT2D eigenvalue weighted by Gasteiger charge is -2.32. The Labute approximate surface area is 118 Å². The van der Waals surface area contributed by atoms with E-state index in [1.54, 1.807) is 6.07 Å². The topological polar surface area (TPSA) is 49.8 Å². The zero-order chi connectivity index (χ0) is 14.5. The van der Waals surface area contributed by atoms with Gasteiger partial charge in [0.1, 0.15) is 0 Å². The van der Waals surface area contributed by atoms with Crippen molar-refractivity contribution in [1.29, 1.82) is 0 Å². The van der Waals surface area contributed by atoms with E-state index in [1.807, 2.05) is 39.0 Å². The summed E-state index contributed by atoms with van der Waals surface area (Å²) in [5.41, 5.74) is 0.363. The number of rotatable bonds is 6. The molecule has 19 heavy (non-hydrogen) atoms. The summed E-state index contributed by atoms with van der Waals surface area (Å²) >= 11 is 6.08. The van der Waals surface area contributed by atoms with Crippen molar-refractivity contribution in [3.63, 3.8) is 0 Å². The summed E-state index contributed by atoms with van der Waals surface area (Å²) in [6.07, 6.45) is 1.02. The standard InChI is InChI=1S/C14H20ClNO3/c1-14(2,3)19-16(10-18)12(9-17)8-11-6-4-5-7-13(11)15/h4-7,10,12,17H,8-9H2,1-3H3. The number of carbonyl (C=O) groups excluding carboxylic acids is 1. The van der Waals surface area contributed by atoms with Crippen molar-refractivity contribution in [3.8, 4) is 0 Å². The summed E-state index contributed by atoms with van der Waals surface area (Å²) in [6, 6.07) is 6.89. The molecular formula is C14H20ClNO3. The molecule has 0 saturated carbocycles. The molecule has 0 aliphatic rings. The van der Waals surface area contributed by atoms with E-state index in [0.29, 0.717) is 17.9 Å². The van der Waals surface area contributed by atoms with Gasteiger partial charge in [-0.05, 0) is 38.8 Å². The summed E-state index contributed by atoms with van der Waals surface area (Å²) in [4.78, 5) is 16.6. The number of aliphatic hydroxyl groups is 1. The van der Waals surface area contributed by atoms with Gasteiger partial charge in [-0.2, -0.15) is 0 Å². The van der Waals surface area contributed by atoms with Crippen molar-refractivity contribution in [2.24, 2.45) is 0 Å². The van der Waals surface area contributed by atoms with Gasteiger partial charge in [0.25, 0.3) is 0 Å². The number of hydrogen-bond acceptors (Lipinski definition) is 3. The number of amides is 1. The molecule has 5 heteroatoms. The van der Waals surface area contributed by atoms with Gasteiger partial charge in [-0.1, -0.05) is 29.8 Å². The van der Waals surface area contributed by atoms with Crippen LogP contribution in [-0.2, 0) is 16.1 Å². The van der Waals surface area contributed by atoms with Crippen LogP contribution in [-0.4, -0.2) is 34.8 Å². The molecule has 1 aromatic carbocycles. The fourth-order valence-corrected chi connectivity index (χ4v) is 1.86. The highest BCUT2D eigenvalue weighted by molar-refractivity contribution is 6.31. The largest absolute Gasteiger partial charge is 0.394 e. The Morgan fingerprint density at radius 2 is 2.05 bits per heavy atom. The fraction of sp³-hybridized carbons (Fsp3) is 0.500. The zero-order valence-electron chi connectivity index (χ0n) is 11.5. The van der Waals surface area contributed by atoms with Crippen molar-refractivity contribution < 1.29 is 14.7 Å². The lowest BCUT2D eigenvalue weighted by molar-refractivity contribution is -0.235. The number of aliphatic hydroxyl groups excluding tert-OH is 1. The first-order valence-corrected chi connectivity index (χ1v) is 6.52. The van der Waals surface area contributed by atoms with E-state index in [9.17, 15) is 9.90 Å². The van der Waals surface area contributed by atoms with Gasteiger partial charge >= 0.3 is 0 Å². The van der Waals surface area contributed by atoms with E-state index < -0.39 is 11.6 Å². The van der Waals surface area contributed by atoms with Crippen LogP contribution in [0.5, 0.6) is 0 Å². The molecule has 0 aliphatic carbocycles. The molecular weight excluding hydrogens is 266 g/mol. The highest BCUT2D eigenvalue weighted by Gasteiger charge is 2.24. The van der Waals surface area contributed by atoms with E-state index in [0.717, 1.165) is 10.6 Å². The molecule has 1 N–H and O–H groups in total. The van der Waals surface area contributed by atoms with E-state index in [4.69, 9.17) is 16.4 Å². The van der Waals surface area contributed by atoms with Crippen molar-refractivity contribution >= 4 is 18.0 Å². The summed E-state index contributed by atoms with van der Waals surface area (Å²) < 4.78 is 0. The Balaban J connectivity index is 2.82. The van der Waals surface area contributed by atoms with Crippen LogP contribution in [0.1, 0.15) is 26.3 Å². The van der Waals surface area contributed by atoms with Crippen LogP contribution in [0.2, 0.25) is 5.02 Å². The van der Waals surface area contributed by atoms with Gasteiger partial charge in [0, 0.05) is 5.02 Å². The van der Waals surface area contributed by atoms with Gasteiger partial charge in [0.05, 0.1) is 18.2 Å². The smallest absolute Gasteiger partial charge is 0.233 e. The second-order valence-corrected chi connectivity index (χ2v) is 5.71. The third-order valence-electron chi connectivity index (χ3n) is 2.47. The van der Waals surface area contributed by atoms with E-state index in [1.165, 1.54) is 0 Å². The molecule has 4 nitrogen and oxygen atoms in total. The minimum Gasteiger partial charge on any atom is -0.394 e. The maximum Gasteiger partial charge on any atom is 0.233 e. The number of benzene rings is 1. The van der Waals surface area contributed by atoms with Gasteiger partial charge in [0.2, 0.25) is 6.41 Å². The number of halogens is 1. The van der Waals surface area contributed by atoms with Crippen molar-refractivity contribution in [3.05, 3.63) is 34.9 Å². The normalized spacial score (nSPS) is 13.1. The summed E-state index contributed by atoms with van der Waals surface area (Å²) in [7, 11) is 0. The summed E-state index contributed by atoms with van der Waals surface area (Å²) in [5.74, 6) is 0. The number of hydrogen-bond donors (Lipinski definition) is 1. The molecule has 0 heterocycles. The van der Waals surface area contributed by atoms with E-state index >= 15 is 0 Å². The van der Waals surface area contributed by atoms with Crippen LogP contribution in [0.4, 0.5) is 0 Å².